The molecule has 10 rings (SSSR count). The summed E-state index contributed by atoms with van der Waals surface area (Å²) >= 11 is 0. The highest BCUT2D eigenvalue weighted by Crippen LogP contribution is 2.51. The molecule has 1 heterocycles. The molecule has 9 aromatic carbocycles. The van der Waals surface area contributed by atoms with Crippen molar-refractivity contribution in [3.63, 3.8) is 0 Å². The second-order valence-corrected chi connectivity index (χ2v) is 13.7. The Bertz CT molecular complexity index is 2770. The average Bonchev–Trinajstić information content (AvgIpc) is 3.40. The van der Waals surface area contributed by atoms with Gasteiger partial charge in [-0.25, -0.2) is 0 Å². The SMILES string of the molecule is c1ccc(-c2ccc(N(c3ccc(-c4cc5c(c6ccccc46)Oc4ccccc4-c4ccccc4-5)cc3)c3ccccc3-c3ccccc3)cc2)cc1. The van der Waals surface area contributed by atoms with E-state index in [1.54, 1.807) is 0 Å². The summed E-state index contributed by atoms with van der Waals surface area (Å²) in [5.41, 5.74) is 14.9. The summed E-state index contributed by atoms with van der Waals surface area (Å²) in [6, 6.07) is 75.7. The van der Waals surface area contributed by atoms with Gasteiger partial charge in [-0.2, -0.15) is 0 Å². The van der Waals surface area contributed by atoms with E-state index in [-0.39, 0.29) is 0 Å². The molecule has 9 aromatic rings. The van der Waals surface area contributed by atoms with Gasteiger partial charge in [-0.1, -0.05) is 170 Å². The number of anilines is 3. The minimum atomic E-state index is 0.874. The van der Waals surface area contributed by atoms with Crippen molar-refractivity contribution in [2.75, 3.05) is 4.90 Å². The van der Waals surface area contributed by atoms with Gasteiger partial charge in [-0.05, 0) is 86.8 Å². The number of ether oxygens (including phenoxy) is 1. The molecular weight excluding hydrogens is 655 g/mol. The molecule has 0 spiro atoms. The van der Waals surface area contributed by atoms with Crippen LogP contribution in [-0.4, -0.2) is 0 Å². The Labute approximate surface area is 315 Å². The van der Waals surface area contributed by atoms with E-state index < -0.39 is 0 Å². The molecule has 0 fully saturated rings. The number of para-hydroxylation sites is 2. The highest BCUT2D eigenvalue weighted by molar-refractivity contribution is 6.07. The van der Waals surface area contributed by atoms with Crippen LogP contribution in [0.3, 0.4) is 0 Å². The molecule has 1 aliphatic heterocycles. The second kappa shape index (κ2) is 13.4. The van der Waals surface area contributed by atoms with Gasteiger partial charge in [-0.3, -0.25) is 0 Å². The van der Waals surface area contributed by atoms with Crippen LogP contribution in [0.25, 0.3) is 66.4 Å². The third-order valence-electron chi connectivity index (χ3n) is 10.5. The van der Waals surface area contributed by atoms with E-state index in [4.69, 9.17) is 4.74 Å². The summed E-state index contributed by atoms with van der Waals surface area (Å²) in [5, 5.41) is 2.25. The molecule has 1 aliphatic rings. The lowest BCUT2D eigenvalue weighted by Gasteiger charge is -2.28. The molecule has 0 saturated heterocycles. The lowest BCUT2D eigenvalue weighted by atomic mass is 9.89. The van der Waals surface area contributed by atoms with E-state index >= 15 is 0 Å². The molecule has 0 unspecified atom stereocenters. The van der Waals surface area contributed by atoms with Gasteiger partial charge in [0.25, 0.3) is 0 Å². The van der Waals surface area contributed by atoms with Gasteiger partial charge in [0.05, 0.1) is 5.69 Å². The predicted octanol–water partition coefficient (Wildman–Crippen LogP) is 14.8. The van der Waals surface area contributed by atoms with Crippen LogP contribution in [0.15, 0.2) is 212 Å². The van der Waals surface area contributed by atoms with Crippen LogP contribution < -0.4 is 9.64 Å². The van der Waals surface area contributed by atoms with Gasteiger partial charge in [0.1, 0.15) is 11.5 Å². The molecule has 254 valence electrons. The molecule has 2 nitrogen and oxygen atoms in total. The minimum Gasteiger partial charge on any atom is -0.455 e. The Kier molecular flexibility index (Phi) is 7.85. The number of hydrogen-bond acceptors (Lipinski definition) is 2. The van der Waals surface area contributed by atoms with Crippen molar-refractivity contribution >= 4 is 27.8 Å². The Balaban J connectivity index is 1.12. The molecule has 0 N–H and O–H groups in total. The maximum Gasteiger partial charge on any atom is 0.143 e. The zero-order valence-electron chi connectivity index (χ0n) is 29.6. The molecule has 0 aromatic heterocycles. The van der Waals surface area contributed by atoms with E-state index in [2.05, 4.69) is 211 Å². The van der Waals surface area contributed by atoms with Crippen LogP contribution in [0.4, 0.5) is 17.1 Å². The van der Waals surface area contributed by atoms with Gasteiger partial charge in [-0.15, -0.1) is 0 Å². The maximum absolute atomic E-state index is 6.82. The number of nitrogens with zero attached hydrogens (tertiary/aromatic N) is 1. The fourth-order valence-electron chi connectivity index (χ4n) is 7.92. The topological polar surface area (TPSA) is 12.5 Å². The van der Waals surface area contributed by atoms with Crippen molar-refractivity contribution in [3.05, 3.63) is 212 Å². The molecule has 0 amide bonds. The molecule has 0 bridgehead atoms. The lowest BCUT2D eigenvalue weighted by Crippen LogP contribution is -2.11. The minimum absolute atomic E-state index is 0.874. The number of rotatable bonds is 6. The normalized spacial score (nSPS) is 11.5. The molecular formula is C52H35NO. The predicted molar refractivity (Wildman–Crippen MR) is 226 cm³/mol. The van der Waals surface area contributed by atoms with Crippen LogP contribution >= 0.6 is 0 Å². The van der Waals surface area contributed by atoms with Crippen LogP contribution in [-0.2, 0) is 0 Å². The Morgan fingerprint density at radius 3 is 1.44 bits per heavy atom. The number of hydrogen-bond donors (Lipinski definition) is 0. The smallest absolute Gasteiger partial charge is 0.143 e. The van der Waals surface area contributed by atoms with Crippen molar-refractivity contribution in [2.45, 2.75) is 0 Å². The summed E-state index contributed by atoms with van der Waals surface area (Å²) in [6.07, 6.45) is 0. The highest BCUT2D eigenvalue weighted by Gasteiger charge is 2.24. The van der Waals surface area contributed by atoms with Crippen LogP contribution in [0.2, 0.25) is 0 Å². The molecule has 0 radical (unpaired) electrons. The summed E-state index contributed by atoms with van der Waals surface area (Å²) in [7, 11) is 0. The molecule has 0 saturated carbocycles. The van der Waals surface area contributed by atoms with E-state index in [1.165, 1.54) is 38.9 Å². The van der Waals surface area contributed by atoms with Gasteiger partial charge in [0.15, 0.2) is 0 Å². The van der Waals surface area contributed by atoms with Crippen molar-refractivity contribution in [1.29, 1.82) is 0 Å². The summed E-state index contributed by atoms with van der Waals surface area (Å²) in [4.78, 5) is 2.37. The largest absolute Gasteiger partial charge is 0.455 e. The third-order valence-corrected chi connectivity index (χ3v) is 10.5. The first kappa shape index (κ1) is 31.6. The Morgan fingerprint density at radius 1 is 0.296 bits per heavy atom. The van der Waals surface area contributed by atoms with E-state index in [9.17, 15) is 0 Å². The van der Waals surface area contributed by atoms with Gasteiger partial charge >= 0.3 is 0 Å². The van der Waals surface area contributed by atoms with Crippen molar-refractivity contribution in [2.24, 2.45) is 0 Å². The monoisotopic (exact) mass is 689 g/mol. The zero-order chi connectivity index (χ0) is 35.8. The lowest BCUT2D eigenvalue weighted by molar-refractivity contribution is 0.493. The summed E-state index contributed by atoms with van der Waals surface area (Å²) in [6.45, 7) is 0. The van der Waals surface area contributed by atoms with Crippen LogP contribution in [0.5, 0.6) is 11.5 Å². The number of fused-ring (bicyclic) bond motifs is 7. The van der Waals surface area contributed by atoms with E-state index in [0.717, 1.165) is 56.0 Å². The number of benzene rings is 9. The van der Waals surface area contributed by atoms with E-state index in [1.807, 2.05) is 6.07 Å². The first-order valence-electron chi connectivity index (χ1n) is 18.4. The van der Waals surface area contributed by atoms with Gasteiger partial charge in [0.2, 0.25) is 0 Å². The second-order valence-electron chi connectivity index (χ2n) is 13.7. The first-order valence-corrected chi connectivity index (χ1v) is 18.4. The molecule has 0 aliphatic carbocycles. The maximum atomic E-state index is 6.82. The van der Waals surface area contributed by atoms with Crippen molar-refractivity contribution in [3.8, 4) is 67.1 Å². The van der Waals surface area contributed by atoms with Gasteiger partial charge < -0.3 is 9.64 Å². The molecule has 0 atom stereocenters. The average molecular weight is 690 g/mol. The highest BCUT2D eigenvalue weighted by atomic mass is 16.5. The first-order chi connectivity index (χ1) is 26.8. The molecule has 54 heavy (non-hydrogen) atoms. The molecule has 2 heteroatoms. The van der Waals surface area contributed by atoms with E-state index in [0.29, 0.717) is 0 Å². The standard InChI is InChI=1S/C52H35NO/c1-3-15-36(16-4-1)37-27-31-40(32-28-37)53(50-25-13-11-19-42(50)38-17-5-2-6-18-38)41-33-29-39(30-34-41)48-35-49-44-21-8-7-20-43(44)46-23-12-14-26-51(46)54-52(49)47-24-10-9-22-45(47)48/h1-35H. The summed E-state index contributed by atoms with van der Waals surface area (Å²) < 4.78 is 6.82. The van der Waals surface area contributed by atoms with Crippen molar-refractivity contribution < 1.29 is 4.74 Å². The van der Waals surface area contributed by atoms with Crippen molar-refractivity contribution in [1.82, 2.24) is 0 Å². The zero-order valence-corrected chi connectivity index (χ0v) is 29.6. The Morgan fingerprint density at radius 2 is 0.759 bits per heavy atom. The fourth-order valence-corrected chi connectivity index (χ4v) is 7.92. The van der Waals surface area contributed by atoms with Crippen LogP contribution in [0.1, 0.15) is 0 Å². The van der Waals surface area contributed by atoms with Crippen LogP contribution in [0, 0.1) is 0 Å². The van der Waals surface area contributed by atoms with Gasteiger partial charge in [0, 0.05) is 33.5 Å². The fraction of sp³-hybridized carbons (Fsp3) is 0. The quantitative estimate of drug-likeness (QED) is 0.172. The summed E-state index contributed by atoms with van der Waals surface area (Å²) in [5.74, 6) is 1.77. The third kappa shape index (κ3) is 5.53. The Hall–Kier alpha value is -7.16.